The summed E-state index contributed by atoms with van der Waals surface area (Å²) >= 11 is 1.50. The second-order valence-corrected chi connectivity index (χ2v) is 5.15. The van der Waals surface area contributed by atoms with E-state index in [9.17, 15) is 4.39 Å². The van der Waals surface area contributed by atoms with Gasteiger partial charge in [0, 0.05) is 22.3 Å². The van der Waals surface area contributed by atoms with Crippen LogP contribution in [0.1, 0.15) is 0 Å². The van der Waals surface area contributed by atoms with E-state index in [-0.39, 0.29) is 5.82 Å². The molecule has 0 amide bonds. The van der Waals surface area contributed by atoms with Crippen molar-refractivity contribution in [2.24, 2.45) is 0 Å². The molecule has 0 aliphatic rings. The van der Waals surface area contributed by atoms with Gasteiger partial charge in [-0.1, -0.05) is 12.1 Å². The Balaban J connectivity index is 1.80. The van der Waals surface area contributed by atoms with E-state index in [2.05, 4.69) is 10.3 Å². The molecular weight excluding hydrogens is 273 g/mol. The van der Waals surface area contributed by atoms with Gasteiger partial charge in [-0.15, -0.1) is 11.3 Å². The lowest BCUT2D eigenvalue weighted by Gasteiger charge is -2.01. The number of rotatable bonds is 3. The quantitative estimate of drug-likeness (QED) is 0.706. The summed E-state index contributed by atoms with van der Waals surface area (Å²) in [6, 6.07) is 13.8. The number of halogens is 1. The molecule has 1 aromatic heterocycles. The zero-order valence-electron chi connectivity index (χ0n) is 10.5. The Morgan fingerprint density at radius 2 is 1.70 bits per heavy atom. The van der Waals surface area contributed by atoms with Crippen molar-refractivity contribution >= 4 is 27.8 Å². The van der Waals surface area contributed by atoms with Crippen molar-refractivity contribution in [3.05, 3.63) is 59.7 Å². The summed E-state index contributed by atoms with van der Waals surface area (Å²) in [4.78, 5) is 4.50. The number of hydrogen-bond donors (Lipinski definition) is 2. The van der Waals surface area contributed by atoms with Gasteiger partial charge in [0.15, 0.2) is 5.13 Å². The van der Waals surface area contributed by atoms with Gasteiger partial charge in [0.1, 0.15) is 5.82 Å². The summed E-state index contributed by atoms with van der Waals surface area (Å²) in [5, 5.41) is 5.89. The van der Waals surface area contributed by atoms with E-state index in [1.807, 2.05) is 29.6 Å². The predicted octanol–water partition coefficient (Wildman–Crippen LogP) is 4.28. The first-order valence-corrected chi connectivity index (χ1v) is 6.93. The van der Waals surface area contributed by atoms with Crippen LogP contribution in [-0.2, 0) is 0 Å². The largest absolute Gasteiger partial charge is 0.399 e. The average Bonchev–Trinajstić information content (AvgIpc) is 2.91. The lowest BCUT2D eigenvalue weighted by Crippen LogP contribution is -1.89. The van der Waals surface area contributed by atoms with Gasteiger partial charge >= 0.3 is 0 Å². The van der Waals surface area contributed by atoms with E-state index in [0.717, 1.165) is 27.8 Å². The van der Waals surface area contributed by atoms with E-state index in [4.69, 9.17) is 5.73 Å². The van der Waals surface area contributed by atoms with Crippen LogP contribution in [0, 0.1) is 5.82 Å². The number of nitrogens with two attached hydrogens (primary N) is 1. The second kappa shape index (κ2) is 5.30. The topological polar surface area (TPSA) is 50.9 Å². The number of nitrogens with one attached hydrogen (secondary N) is 1. The first-order chi connectivity index (χ1) is 9.70. The van der Waals surface area contributed by atoms with E-state index in [1.165, 1.54) is 23.5 Å². The summed E-state index contributed by atoms with van der Waals surface area (Å²) < 4.78 is 12.8. The highest BCUT2D eigenvalue weighted by molar-refractivity contribution is 7.14. The highest BCUT2D eigenvalue weighted by Crippen LogP contribution is 2.27. The molecule has 5 heteroatoms. The van der Waals surface area contributed by atoms with Gasteiger partial charge in [-0.05, 0) is 36.4 Å². The smallest absolute Gasteiger partial charge is 0.187 e. The van der Waals surface area contributed by atoms with E-state index >= 15 is 0 Å². The Bertz CT molecular complexity index is 705. The molecule has 0 unspecified atom stereocenters. The fraction of sp³-hybridized carbons (Fsp3) is 0. The van der Waals surface area contributed by atoms with Crippen LogP contribution in [0.25, 0.3) is 11.3 Å². The van der Waals surface area contributed by atoms with Crippen molar-refractivity contribution in [1.82, 2.24) is 4.98 Å². The molecule has 3 nitrogen and oxygen atoms in total. The minimum atomic E-state index is -0.253. The zero-order chi connectivity index (χ0) is 13.9. The SMILES string of the molecule is Nc1ccc(-c2csc(Nc3ccc(F)cc3)n2)cc1. The average molecular weight is 285 g/mol. The normalized spacial score (nSPS) is 10.4. The van der Waals surface area contributed by atoms with Gasteiger partial charge in [0.2, 0.25) is 0 Å². The minimum absolute atomic E-state index is 0.253. The molecule has 0 bridgehead atoms. The minimum Gasteiger partial charge on any atom is -0.399 e. The molecule has 0 atom stereocenters. The van der Waals surface area contributed by atoms with Crippen molar-refractivity contribution in [1.29, 1.82) is 0 Å². The Labute approximate surface area is 119 Å². The molecule has 20 heavy (non-hydrogen) atoms. The molecule has 0 saturated carbocycles. The van der Waals surface area contributed by atoms with Gasteiger partial charge in [-0.2, -0.15) is 0 Å². The monoisotopic (exact) mass is 285 g/mol. The number of anilines is 3. The molecule has 0 spiro atoms. The number of nitrogen functional groups attached to an aromatic ring is 1. The molecule has 0 saturated heterocycles. The first-order valence-electron chi connectivity index (χ1n) is 6.05. The van der Waals surface area contributed by atoms with Crippen molar-refractivity contribution in [3.8, 4) is 11.3 Å². The Kier molecular flexibility index (Phi) is 3.35. The van der Waals surface area contributed by atoms with Crippen LogP contribution in [-0.4, -0.2) is 4.98 Å². The second-order valence-electron chi connectivity index (χ2n) is 4.29. The van der Waals surface area contributed by atoms with Crippen LogP contribution in [0.15, 0.2) is 53.9 Å². The number of benzene rings is 2. The third-order valence-corrected chi connectivity index (χ3v) is 3.56. The number of hydrogen-bond acceptors (Lipinski definition) is 4. The Morgan fingerprint density at radius 1 is 1.00 bits per heavy atom. The maximum absolute atomic E-state index is 12.8. The highest BCUT2D eigenvalue weighted by atomic mass is 32.1. The van der Waals surface area contributed by atoms with E-state index in [0.29, 0.717) is 0 Å². The zero-order valence-corrected chi connectivity index (χ0v) is 11.3. The fourth-order valence-electron chi connectivity index (χ4n) is 1.77. The van der Waals surface area contributed by atoms with Gasteiger partial charge in [0.05, 0.1) is 5.69 Å². The van der Waals surface area contributed by atoms with Crippen molar-refractivity contribution in [3.63, 3.8) is 0 Å². The van der Waals surface area contributed by atoms with Gasteiger partial charge < -0.3 is 11.1 Å². The van der Waals surface area contributed by atoms with E-state index in [1.54, 1.807) is 12.1 Å². The van der Waals surface area contributed by atoms with Crippen LogP contribution in [0.5, 0.6) is 0 Å². The lowest BCUT2D eigenvalue weighted by molar-refractivity contribution is 0.628. The third kappa shape index (κ3) is 2.78. The maximum Gasteiger partial charge on any atom is 0.187 e. The third-order valence-electron chi connectivity index (χ3n) is 2.81. The molecule has 3 rings (SSSR count). The summed E-state index contributed by atoms with van der Waals surface area (Å²) in [5.74, 6) is -0.253. The highest BCUT2D eigenvalue weighted by Gasteiger charge is 2.04. The lowest BCUT2D eigenvalue weighted by atomic mass is 10.1. The van der Waals surface area contributed by atoms with Crippen molar-refractivity contribution < 1.29 is 4.39 Å². The fourth-order valence-corrected chi connectivity index (χ4v) is 2.51. The van der Waals surface area contributed by atoms with Gasteiger partial charge in [-0.25, -0.2) is 9.37 Å². The van der Waals surface area contributed by atoms with Crippen LogP contribution in [0.4, 0.5) is 20.9 Å². The predicted molar refractivity (Wildman–Crippen MR) is 81.6 cm³/mol. The van der Waals surface area contributed by atoms with E-state index < -0.39 is 0 Å². The first kappa shape index (κ1) is 12.6. The van der Waals surface area contributed by atoms with Gasteiger partial charge in [0.25, 0.3) is 0 Å². The number of aromatic nitrogens is 1. The standard InChI is InChI=1S/C15H12FN3S/c16-11-3-7-13(8-4-11)18-15-19-14(9-20-15)10-1-5-12(17)6-2-10/h1-9H,17H2,(H,18,19). The summed E-state index contributed by atoms with van der Waals surface area (Å²) in [5.41, 5.74) is 9.11. The van der Waals surface area contributed by atoms with Crippen molar-refractivity contribution in [2.45, 2.75) is 0 Å². The molecule has 3 N–H and O–H groups in total. The summed E-state index contributed by atoms with van der Waals surface area (Å²) in [6.07, 6.45) is 0. The summed E-state index contributed by atoms with van der Waals surface area (Å²) in [6.45, 7) is 0. The summed E-state index contributed by atoms with van der Waals surface area (Å²) in [7, 11) is 0. The molecule has 0 radical (unpaired) electrons. The molecule has 100 valence electrons. The molecule has 0 aliphatic heterocycles. The number of thiazole rings is 1. The molecule has 0 fully saturated rings. The van der Waals surface area contributed by atoms with Crippen LogP contribution in [0.2, 0.25) is 0 Å². The van der Waals surface area contributed by atoms with Gasteiger partial charge in [-0.3, -0.25) is 0 Å². The maximum atomic E-state index is 12.8. The van der Waals surface area contributed by atoms with Crippen LogP contribution >= 0.6 is 11.3 Å². The van der Waals surface area contributed by atoms with Crippen molar-refractivity contribution in [2.75, 3.05) is 11.1 Å². The Morgan fingerprint density at radius 3 is 2.40 bits per heavy atom. The molecule has 1 heterocycles. The Hall–Kier alpha value is -2.40. The van der Waals surface area contributed by atoms with Crippen LogP contribution in [0.3, 0.4) is 0 Å². The van der Waals surface area contributed by atoms with Crippen LogP contribution < -0.4 is 11.1 Å². The molecule has 2 aromatic carbocycles. The molecular formula is C15H12FN3S. The number of nitrogens with zero attached hydrogens (tertiary/aromatic N) is 1. The molecule has 0 aliphatic carbocycles. The molecule has 3 aromatic rings.